The zero-order valence-corrected chi connectivity index (χ0v) is 19.9. The highest BCUT2D eigenvalue weighted by Gasteiger charge is 2.15. The first-order chi connectivity index (χ1) is 16.2. The Labute approximate surface area is 199 Å². The van der Waals surface area contributed by atoms with Gasteiger partial charge in [-0.2, -0.15) is 5.10 Å². The fraction of sp³-hybridized carbons (Fsp3) is 0.222. The predicted molar refractivity (Wildman–Crippen MR) is 131 cm³/mol. The van der Waals surface area contributed by atoms with Crippen molar-refractivity contribution >= 4 is 18.1 Å². The summed E-state index contributed by atoms with van der Waals surface area (Å²) in [6.07, 6.45) is 1.49. The number of hydrogen-bond donors (Lipinski definition) is 1. The molecule has 0 saturated heterocycles. The van der Waals surface area contributed by atoms with Crippen molar-refractivity contribution in [3.05, 3.63) is 89.0 Å². The van der Waals surface area contributed by atoms with Crippen LogP contribution in [-0.2, 0) is 5.41 Å². The average Bonchev–Trinajstić information content (AvgIpc) is 2.84. The molecule has 0 heterocycles. The van der Waals surface area contributed by atoms with Gasteiger partial charge in [0.15, 0.2) is 11.5 Å². The largest absolute Gasteiger partial charge is 0.497 e. The van der Waals surface area contributed by atoms with Crippen LogP contribution in [0.5, 0.6) is 17.2 Å². The summed E-state index contributed by atoms with van der Waals surface area (Å²) in [5.74, 6) is 0.436. The molecule has 7 nitrogen and oxygen atoms in total. The van der Waals surface area contributed by atoms with E-state index < -0.39 is 5.97 Å². The van der Waals surface area contributed by atoms with E-state index in [9.17, 15) is 9.59 Å². The normalized spacial score (nSPS) is 11.2. The van der Waals surface area contributed by atoms with E-state index in [0.717, 1.165) is 5.56 Å². The third-order valence-electron chi connectivity index (χ3n) is 5.11. The van der Waals surface area contributed by atoms with Crippen LogP contribution in [0.4, 0.5) is 0 Å². The Kier molecular flexibility index (Phi) is 7.68. The molecule has 0 atom stereocenters. The lowest BCUT2D eigenvalue weighted by atomic mass is 9.87. The molecule has 3 aromatic rings. The van der Waals surface area contributed by atoms with Gasteiger partial charge >= 0.3 is 5.97 Å². The van der Waals surface area contributed by atoms with Gasteiger partial charge in [-0.15, -0.1) is 0 Å². The highest BCUT2D eigenvalue weighted by molar-refractivity contribution is 5.95. The Morgan fingerprint density at radius 1 is 0.824 bits per heavy atom. The van der Waals surface area contributed by atoms with E-state index in [1.807, 2.05) is 12.1 Å². The molecule has 176 valence electrons. The maximum atomic E-state index is 12.4. The van der Waals surface area contributed by atoms with Crippen molar-refractivity contribution < 1.29 is 23.8 Å². The minimum atomic E-state index is -0.521. The predicted octanol–water partition coefficient (Wildman–Crippen LogP) is 4.98. The monoisotopic (exact) mass is 460 g/mol. The zero-order valence-electron chi connectivity index (χ0n) is 19.9. The average molecular weight is 461 g/mol. The van der Waals surface area contributed by atoms with Crippen LogP contribution < -0.4 is 19.6 Å². The fourth-order valence-electron chi connectivity index (χ4n) is 3.09. The number of nitrogens with one attached hydrogen (secondary N) is 1. The van der Waals surface area contributed by atoms with Gasteiger partial charge in [0, 0.05) is 5.56 Å². The van der Waals surface area contributed by atoms with E-state index in [4.69, 9.17) is 14.2 Å². The van der Waals surface area contributed by atoms with Crippen LogP contribution >= 0.6 is 0 Å². The Morgan fingerprint density at radius 3 is 2.06 bits per heavy atom. The van der Waals surface area contributed by atoms with Crippen molar-refractivity contribution in [3.8, 4) is 17.2 Å². The molecule has 0 aliphatic rings. The summed E-state index contributed by atoms with van der Waals surface area (Å²) in [5.41, 5.74) is 5.23. The minimum Gasteiger partial charge on any atom is -0.497 e. The number of nitrogens with zero attached hydrogens (tertiary/aromatic N) is 1. The van der Waals surface area contributed by atoms with E-state index in [1.54, 1.807) is 61.7 Å². The maximum absolute atomic E-state index is 12.4. The van der Waals surface area contributed by atoms with Crippen molar-refractivity contribution in [1.82, 2.24) is 5.43 Å². The summed E-state index contributed by atoms with van der Waals surface area (Å²) in [4.78, 5) is 24.8. The molecule has 0 saturated carbocycles. The number of carbonyl (C=O) groups is 2. The van der Waals surface area contributed by atoms with Gasteiger partial charge in [0.1, 0.15) is 5.75 Å². The molecule has 0 aliphatic heterocycles. The van der Waals surface area contributed by atoms with Gasteiger partial charge < -0.3 is 14.2 Å². The highest BCUT2D eigenvalue weighted by atomic mass is 16.6. The molecule has 3 rings (SSSR count). The number of esters is 1. The Balaban J connectivity index is 1.64. The van der Waals surface area contributed by atoms with Crippen LogP contribution in [0.3, 0.4) is 0 Å². The number of benzene rings is 3. The number of methoxy groups -OCH3 is 2. The second-order valence-electron chi connectivity index (χ2n) is 8.55. The first-order valence-electron chi connectivity index (χ1n) is 10.7. The molecule has 1 amide bonds. The summed E-state index contributed by atoms with van der Waals surface area (Å²) in [6.45, 7) is 6.35. The van der Waals surface area contributed by atoms with Crippen LogP contribution in [0.1, 0.15) is 52.6 Å². The van der Waals surface area contributed by atoms with Gasteiger partial charge in [-0.3, -0.25) is 4.79 Å². The molecule has 0 fully saturated rings. The first-order valence-corrected chi connectivity index (χ1v) is 10.7. The van der Waals surface area contributed by atoms with Crippen molar-refractivity contribution in [3.63, 3.8) is 0 Å². The second-order valence-corrected chi connectivity index (χ2v) is 8.55. The van der Waals surface area contributed by atoms with Crippen LogP contribution in [0.2, 0.25) is 0 Å². The molecule has 34 heavy (non-hydrogen) atoms. The molecule has 7 heteroatoms. The molecular weight excluding hydrogens is 432 g/mol. The van der Waals surface area contributed by atoms with Crippen molar-refractivity contribution in [2.45, 2.75) is 26.2 Å². The second kappa shape index (κ2) is 10.7. The third kappa shape index (κ3) is 6.22. The summed E-state index contributed by atoms with van der Waals surface area (Å²) in [5, 5.41) is 4.02. The van der Waals surface area contributed by atoms with Crippen LogP contribution in [0.15, 0.2) is 71.8 Å². The van der Waals surface area contributed by atoms with E-state index >= 15 is 0 Å². The van der Waals surface area contributed by atoms with Gasteiger partial charge in [0.25, 0.3) is 5.91 Å². The van der Waals surface area contributed by atoms with Crippen molar-refractivity contribution in [1.29, 1.82) is 0 Å². The van der Waals surface area contributed by atoms with Crippen molar-refractivity contribution in [2.75, 3.05) is 14.2 Å². The molecule has 0 radical (unpaired) electrons. The Morgan fingerprint density at radius 2 is 1.47 bits per heavy atom. The quantitative estimate of drug-likeness (QED) is 0.232. The van der Waals surface area contributed by atoms with Crippen LogP contribution in [0, 0.1) is 0 Å². The molecule has 0 bridgehead atoms. The molecule has 0 unspecified atom stereocenters. The van der Waals surface area contributed by atoms with Gasteiger partial charge in [-0.25, -0.2) is 10.2 Å². The highest BCUT2D eigenvalue weighted by Crippen LogP contribution is 2.28. The summed E-state index contributed by atoms with van der Waals surface area (Å²) < 4.78 is 15.9. The van der Waals surface area contributed by atoms with Gasteiger partial charge in [-0.1, -0.05) is 32.9 Å². The summed E-state index contributed by atoms with van der Waals surface area (Å²) in [6, 6.07) is 19.0. The van der Waals surface area contributed by atoms with E-state index in [-0.39, 0.29) is 17.1 Å². The van der Waals surface area contributed by atoms with Gasteiger partial charge in [-0.05, 0) is 71.1 Å². The third-order valence-corrected chi connectivity index (χ3v) is 5.11. The Hall–Kier alpha value is -4.13. The summed E-state index contributed by atoms with van der Waals surface area (Å²) in [7, 11) is 3.03. The number of hydrazone groups is 1. The lowest BCUT2D eigenvalue weighted by Gasteiger charge is -2.18. The molecule has 0 aromatic heterocycles. The standard InChI is InChI=1S/C27H28N2O5/c1-27(2,3)21-11-7-19(8-12-21)25(30)29-28-17-18-6-15-23(24(16-18)33-5)34-26(31)20-9-13-22(32-4)14-10-20/h6-17H,1-5H3,(H,29,30)/b28-17-. The van der Waals surface area contributed by atoms with Crippen LogP contribution in [-0.4, -0.2) is 32.3 Å². The zero-order chi connectivity index (χ0) is 24.7. The van der Waals surface area contributed by atoms with Crippen LogP contribution in [0.25, 0.3) is 0 Å². The molecular formula is C27H28N2O5. The number of hydrogen-bond acceptors (Lipinski definition) is 6. The minimum absolute atomic E-state index is 0.0152. The summed E-state index contributed by atoms with van der Waals surface area (Å²) >= 11 is 0. The van der Waals surface area contributed by atoms with E-state index in [1.165, 1.54) is 13.3 Å². The topological polar surface area (TPSA) is 86.2 Å². The fourth-order valence-corrected chi connectivity index (χ4v) is 3.09. The lowest BCUT2D eigenvalue weighted by Crippen LogP contribution is -2.18. The van der Waals surface area contributed by atoms with Gasteiger partial charge in [0.05, 0.1) is 26.0 Å². The van der Waals surface area contributed by atoms with E-state index in [2.05, 4.69) is 31.3 Å². The lowest BCUT2D eigenvalue weighted by molar-refractivity contribution is 0.0729. The molecule has 1 N–H and O–H groups in total. The molecule has 3 aromatic carbocycles. The number of rotatable bonds is 7. The number of amides is 1. The molecule has 0 aliphatic carbocycles. The first kappa shape index (κ1) is 24.5. The van der Waals surface area contributed by atoms with E-state index in [0.29, 0.717) is 28.2 Å². The smallest absolute Gasteiger partial charge is 0.343 e. The van der Waals surface area contributed by atoms with Crippen molar-refractivity contribution in [2.24, 2.45) is 5.10 Å². The SMILES string of the molecule is COc1ccc(C(=O)Oc2ccc(/C=N\NC(=O)c3ccc(C(C)(C)C)cc3)cc2OC)cc1. The maximum Gasteiger partial charge on any atom is 0.343 e. The number of carbonyl (C=O) groups excluding carboxylic acids is 2. The Bertz CT molecular complexity index is 1180. The number of ether oxygens (including phenoxy) is 3. The molecule has 0 spiro atoms. The van der Waals surface area contributed by atoms with Gasteiger partial charge in [0.2, 0.25) is 0 Å².